The molecule has 0 bridgehead atoms. The summed E-state index contributed by atoms with van der Waals surface area (Å²) in [6.45, 7) is 4.56. The molecule has 3 nitrogen and oxygen atoms in total. The number of ether oxygens (including phenoxy) is 1. The third-order valence-electron chi connectivity index (χ3n) is 1.69. The Labute approximate surface area is 74.5 Å². The third-order valence-corrected chi connectivity index (χ3v) is 1.69. The first-order valence-electron chi connectivity index (χ1n) is 4.52. The molecule has 0 heterocycles. The zero-order valence-corrected chi connectivity index (χ0v) is 8.22. The number of carbonyl (C=O) groups is 1. The van der Waals surface area contributed by atoms with Crippen LogP contribution in [0.5, 0.6) is 0 Å². The van der Waals surface area contributed by atoms with E-state index in [1.807, 2.05) is 6.92 Å². The molecule has 1 amide bonds. The number of amides is 1. The largest absolute Gasteiger partial charge is 0.383 e. The van der Waals surface area contributed by atoms with Gasteiger partial charge in [0.15, 0.2) is 0 Å². The Morgan fingerprint density at radius 1 is 1.50 bits per heavy atom. The predicted molar refractivity (Wildman–Crippen MR) is 49.0 cm³/mol. The van der Waals surface area contributed by atoms with E-state index in [0.717, 1.165) is 12.8 Å². The van der Waals surface area contributed by atoms with Crippen molar-refractivity contribution in [1.29, 1.82) is 0 Å². The van der Waals surface area contributed by atoms with Crippen LogP contribution in [0.4, 0.5) is 0 Å². The van der Waals surface area contributed by atoms with Crippen molar-refractivity contribution in [2.45, 2.75) is 39.2 Å². The highest BCUT2D eigenvalue weighted by molar-refractivity contribution is 5.75. The molecule has 0 radical (unpaired) electrons. The average molecular weight is 173 g/mol. The van der Waals surface area contributed by atoms with Gasteiger partial charge in [-0.25, -0.2) is 0 Å². The third kappa shape index (κ3) is 5.13. The van der Waals surface area contributed by atoms with Crippen LogP contribution in [0.1, 0.15) is 33.1 Å². The van der Waals surface area contributed by atoms with Gasteiger partial charge in [0.05, 0.1) is 12.6 Å². The van der Waals surface area contributed by atoms with Gasteiger partial charge in [-0.1, -0.05) is 20.3 Å². The van der Waals surface area contributed by atoms with E-state index in [1.165, 1.54) is 0 Å². The molecule has 0 aromatic carbocycles. The van der Waals surface area contributed by atoms with Crippen molar-refractivity contribution in [3.8, 4) is 0 Å². The second kappa shape index (κ2) is 7.10. The Kier molecular flexibility index (Phi) is 6.76. The second-order valence-corrected chi connectivity index (χ2v) is 2.86. The Morgan fingerprint density at radius 3 is 2.58 bits per heavy atom. The Bertz CT molecular complexity index is 120. The lowest BCUT2D eigenvalue weighted by atomic mass is 10.2. The van der Waals surface area contributed by atoms with E-state index >= 15 is 0 Å². The summed E-state index contributed by atoms with van der Waals surface area (Å²) >= 11 is 0. The van der Waals surface area contributed by atoms with Crippen molar-refractivity contribution in [2.75, 3.05) is 13.7 Å². The quantitative estimate of drug-likeness (QED) is 0.658. The lowest BCUT2D eigenvalue weighted by molar-refractivity contribution is -0.121. The molecule has 0 spiro atoms. The summed E-state index contributed by atoms with van der Waals surface area (Å²) in [6.07, 6.45) is 2.60. The van der Waals surface area contributed by atoms with E-state index in [0.29, 0.717) is 13.0 Å². The van der Waals surface area contributed by atoms with Crippen LogP contribution in [0.15, 0.2) is 0 Å². The summed E-state index contributed by atoms with van der Waals surface area (Å²) in [5, 5.41) is 2.90. The Morgan fingerprint density at radius 2 is 2.17 bits per heavy atom. The maximum atomic E-state index is 11.0. The van der Waals surface area contributed by atoms with Crippen molar-refractivity contribution < 1.29 is 9.53 Å². The van der Waals surface area contributed by atoms with Gasteiger partial charge in [0.1, 0.15) is 0 Å². The molecule has 0 saturated heterocycles. The van der Waals surface area contributed by atoms with Crippen molar-refractivity contribution >= 4 is 5.91 Å². The van der Waals surface area contributed by atoms with Crippen molar-refractivity contribution in [3.05, 3.63) is 0 Å². The molecule has 0 aliphatic rings. The molecular weight excluding hydrogens is 154 g/mol. The summed E-state index contributed by atoms with van der Waals surface area (Å²) in [4.78, 5) is 11.0. The van der Waals surface area contributed by atoms with Crippen molar-refractivity contribution in [1.82, 2.24) is 5.32 Å². The molecular formula is C9H19NO2. The molecule has 0 aromatic heterocycles. The first-order valence-corrected chi connectivity index (χ1v) is 4.52. The van der Waals surface area contributed by atoms with Crippen LogP contribution in [0.25, 0.3) is 0 Å². The van der Waals surface area contributed by atoms with Gasteiger partial charge >= 0.3 is 0 Å². The molecule has 1 N–H and O–H groups in total. The van der Waals surface area contributed by atoms with Crippen LogP contribution in [0.2, 0.25) is 0 Å². The maximum absolute atomic E-state index is 11.0. The summed E-state index contributed by atoms with van der Waals surface area (Å²) < 4.78 is 4.99. The Balaban J connectivity index is 3.68. The van der Waals surface area contributed by atoms with Crippen LogP contribution < -0.4 is 5.32 Å². The van der Waals surface area contributed by atoms with Crippen molar-refractivity contribution in [3.63, 3.8) is 0 Å². The molecule has 0 aromatic rings. The van der Waals surface area contributed by atoms with Crippen LogP contribution in [0, 0.1) is 0 Å². The number of hydrogen-bond donors (Lipinski definition) is 1. The predicted octanol–water partition coefficient (Wildman–Crippen LogP) is 1.33. The fraction of sp³-hybridized carbons (Fsp3) is 0.889. The first-order chi connectivity index (χ1) is 5.74. The van der Waals surface area contributed by atoms with E-state index in [2.05, 4.69) is 12.2 Å². The molecule has 0 saturated carbocycles. The van der Waals surface area contributed by atoms with Gasteiger partial charge in [-0.15, -0.1) is 0 Å². The topological polar surface area (TPSA) is 38.3 Å². The molecule has 0 rings (SSSR count). The van der Waals surface area contributed by atoms with Crippen LogP contribution >= 0.6 is 0 Å². The van der Waals surface area contributed by atoms with E-state index in [4.69, 9.17) is 4.74 Å². The van der Waals surface area contributed by atoms with Gasteiger partial charge in [-0.3, -0.25) is 4.79 Å². The number of methoxy groups -OCH3 is 1. The van der Waals surface area contributed by atoms with E-state index in [9.17, 15) is 4.79 Å². The minimum absolute atomic E-state index is 0.102. The minimum Gasteiger partial charge on any atom is -0.383 e. The van der Waals surface area contributed by atoms with Gasteiger partial charge in [0.25, 0.3) is 0 Å². The maximum Gasteiger partial charge on any atom is 0.220 e. The van der Waals surface area contributed by atoms with Crippen LogP contribution in [0.3, 0.4) is 0 Å². The number of rotatable bonds is 6. The van der Waals surface area contributed by atoms with E-state index in [-0.39, 0.29) is 11.9 Å². The van der Waals surface area contributed by atoms with E-state index < -0.39 is 0 Å². The lowest BCUT2D eigenvalue weighted by Crippen LogP contribution is -2.37. The number of nitrogens with one attached hydrogen (secondary N) is 1. The second-order valence-electron chi connectivity index (χ2n) is 2.86. The van der Waals surface area contributed by atoms with E-state index in [1.54, 1.807) is 7.11 Å². The minimum atomic E-state index is 0.102. The first kappa shape index (κ1) is 11.4. The molecule has 1 unspecified atom stereocenters. The smallest absolute Gasteiger partial charge is 0.220 e. The molecule has 72 valence electrons. The summed E-state index contributed by atoms with van der Waals surface area (Å²) in [5.74, 6) is 0.102. The molecule has 0 aliphatic carbocycles. The van der Waals surface area contributed by atoms with Crippen molar-refractivity contribution in [2.24, 2.45) is 0 Å². The molecule has 12 heavy (non-hydrogen) atoms. The molecule has 0 aliphatic heterocycles. The SMILES string of the molecule is CCCC(COC)NC(=O)CC. The van der Waals surface area contributed by atoms with Gasteiger partial charge in [0.2, 0.25) is 5.91 Å². The fourth-order valence-corrected chi connectivity index (χ4v) is 1.08. The monoisotopic (exact) mass is 173 g/mol. The highest BCUT2D eigenvalue weighted by Gasteiger charge is 2.08. The summed E-state index contributed by atoms with van der Waals surface area (Å²) in [5.41, 5.74) is 0. The average Bonchev–Trinajstić information content (AvgIpc) is 2.05. The summed E-state index contributed by atoms with van der Waals surface area (Å²) in [6, 6.07) is 0.187. The zero-order valence-electron chi connectivity index (χ0n) is 8.22. The van der Waals surface area contributed by atoms with Gasteiger partial charge in [0, 0.05) is 13.5 Å². The highest BCUT2D eigenvalue weighted by atomic mass is 16.5. The number of carbonyl (C=O) groups excluding carboxylic acids is 1. The molecule has 1 atom stereocenters. The molecule has 0 fully saturated rings. The standard InChI is InChI=1S/C9H19NO2/c1-4-6-8(7-12-3)10-9(11)5-2/h8H,4-7H2,1-3H3,(H,10,11). The zero-order chi connectivity index (χ0) is 9.40. The van der Waals surface area contributed by atoms with Gasteiger partial charge in [-0.05, 0) is 6.42 Å². The van der Waals surface area contributed by atoms with Gasteiger partial charge < -0.3 is 10.1 Å². The normalized spacial score (nSPS) is 12.6. The highest BCUT2D eigenvalue weighted by Crippen LogP contribution is 1.97. The van der Waals surface area contributed by atoms with Crippen LogP contribution in [-0.4, -0.2) is 25.7 Å². The van der Waals surface area contributed by atoms with Gasteiger partial charge in [-0.2, -0.15) is 0 Å². The van der Waals surface area contributed by atoms with Crippen LogP contribution in [-0.2, 0) is 9.53 Å². The Hall–Kier alpha value is -0.570. The summed E-state index contributed by atoms with van der Waals surface area (Å²) in [7, 11) is 1.65. The number of hydrogen-bond acceptors (Lipinski definition) is 2. The lowest BCUT2D eigenvalue weighted by Gasteiger charge is -2.16. The molecule has 3 heteroatoms. The fourth-order valence-electron chi connectivity index (χ4n) is 1.08.